The van der Waals surface area contributed by atoms with Gasteiger partial charge < -0.3 is 19.3 Å². The highest BCUT2D eigenvalue weighted by Crippen LogP contribution is 2.46. The van der Waals surface area contributed by atoms with Gasteiger partial charge in [-0.15, -0.1) is 0 Å². The van der Waals surface area contributed by atoms with Crippen LogP contribution in [0.2, 0.25) is 34.8 Å². The number of rotatable bonds is 11. The Morgan fingerprint density at radius 1 is 1.00 bits per heavy atom. The highest BCUT2D eigenvalue weighted by atomic mass is 28.4. The molecular weight excluding hydrogens is 482 g/mol. The first-order chi connectivity index (χ1) is 16.5. The average molecular weight is 536 g/mol. The molecule has 2 N–H and O–H groups in total. The van der Waals surface area contributed by atoms with E-state index >= 15 is 0 Å². The molecule has 2 atom stereocenters. The van der Waals surface area contributed by atoms with Crippen LogP contribution in [0.15, 0.2) is 12.1 Å². The lowest BCUT2D eigenvalue weighted by molar-refractivity contribution is 0.0856. The van der Waals surface area contributed by atoms with Crippen LogP contribution in [-0.2, 0) is 4.43 Å². The van der Waals surface area contributed by atoms with Crippen LogP contribution in [-0.4, -0.2) is 36.1 Å². The average Bonchev–Trinajstić information content (AvgIpc) is 3.22. The number of carbonyl (C=O) groups excluding carboxylic acids is 1. The Labute approximate surface area is 223 Å². The van der Waals surface area contributed by atoms with Gasteiger partial charge in [0.1, 0.15) is 5.75 Å². The molecule has 0 aliphatic heterocycles. The number of ketones is 1. The third-order valence-electron chi connectivity index (χ3n) is 9.06. The monoisotopic (exact) mass is 535 g/mol. The summed E-state index contributed by atoms with van der Waals surface area (Å²) in [6, 6.07) is 3.65. The number of hydrogen-bond acceptors (Lipinski definition) is 5. The van der Waals surface area contributed by atoms with Crippen molar-refractivity contribution in [3.8, 4) is 11.5 Å². The lowest BCUT2D eigenvalue weighted by Crippen LogP contribution is -2.50. The van der Waals surface area contributed by atoms with Crippen LogP contribution in [0.4, 0.5) is 5.69 Å². The standard InChI is InChI=1S/C29H53NO4Si2/c1-19(2)36(20(3)4,21(5)6)34-27-17-25(30)24(16-26(27)32-10)28(31)23-15-13-14-22(23)18-33-35(11,12)29(7,8)9/h16-17,19-23H,13-15,18,30H2,1-12H3/t22-,23?/m0/s1. The number of ether oxygens (including phenoxy) is 1. The number of Topliss-reactive ketones (excluding diaryl/α,β-unsaturated/α-hetero) is 1. The van der Waals surface area contributed by atoms with Crippen molar-refractivity contribution < 1.29 is 18.4 Å². The van der Waals surface area contributed by atoms with E-state index < -0.39 is 16.6 Å². The molecule has 0 aromatic heterocycles. The van der Waals surface area contributed by atoms with Crippen molar-refractivity contribution in [2.75, 3.05) is 19.5 Å². The van der Waals surface area contributed by atoms with Gasteiger partial charge in [-0.1, -0.05) is 68.7 Å². The van der Waals surface area contributed by atoms with Crippen molar-refractivity contribution in [1.82, 2.24) is 0 Å². The van der Waals surface area contributed by atoms with E-state index in [1.807, 2.05) is 12.1 Å². The molecule has 7 heteroatoms. The molecule has 1 unspecified atom stereocenters. The van der Waals surface area contributed by atoms with Gasteiger partial charge in [-0.05, 0) is 59.6 Å². The van der Waals surface area contributed by atoms with Crippen LogP contribution in [0.3, 0.4) is 0 Å². The van der Waals surface area contributed by atoms with Gasteiger partial charge in [0.05, 0.1) is 7.11 Å². The molecular formula is C29H53NO4Si2. The molecule has 0 saturated heterocycles. The molecule has 0 amide bonds. The third-order valence-corrected chi connectivity index (χ3v) is 19.5. The molecule has 0 spiro atoms. The Balaban J connectivity index is 2.35. The number of benzene rings is 1. The Morgan fingerprint density at radius 2 is 1.56 bits per heavy atom. The van der Waals surface area contributed by atoms with Gasteiger partial charge in [-0.3, -0.25) is 4.79 Å². The van der Waals surface area contributed by atoms with Crippen LogP contribution in [0.25, 0.3) is 0 Å². The second-order valence-corrected chi connectivity index (χ2v) is 23.4. The zero-order chi connectivity index (χ0) is 27.6. The van der Waals surface area contributed by atoms with Crippen molar-refractivity contribution >= 4 is 28.1 Å². The number of methoxy groups -OCH3 is 1. The summed E-state index contributed by atoms with van der Waals surface area (Å²) < 4.78 is 19.2. The molecule has 1 fully saturated rings. The molecule has 5 nitrogen and oxygen atoms in total. The molecule has 2 rings (SSSR count). The highest BCUT2D eigenvalue weighted by molar-refractivity contribution is 6.78. The predicted octanol–water partition coefficient (Wildman–Crippen LogP) is 8.45. The maximum Gasteiger partial charge on any atom is 0.258 e. The molecule has 0 heterocycles. The number of nitrogens with two attached hydrogens (primary N) is 1. The summed E-state index contributed by atoms with van der Waals surface area (Å²) >= 11 is 0. The molecule has 0 radical (unpaired) electrons. The fraction of sp³-hybridized carbons (Fsp3) is 0.759. The highest BCUT2D eigenvalue weighted by Gasteiger charge is 2.47. The fourth-order valence-electron chi connectivity index (χ4n) is 5.89. The summed E-state index contributed by atoms with van der Waals surface area (Å²) in [5, 5.41) is 0.152. The quantitative estimate of drug-likeness (QED) is 0.175. The second kappa shape index (κ2) is 11.6. The summed E-state index contributed by atoms with van der Waals surface area (Å²) in [5.74, 6) is 1.54. The van der Waals surface area contributed by atoms with E-state index in [0.717, 1.165) is 19.3 Å². The van der Waals surface area contributed by atoms with Gasteiger partial charge in [0.25, 0.3) is 8.32 Å². The van der Waals surface area contributed by atoms with E-state index in [-0.39, 0.29) is 22.7 Å². The van der Waals surface area contributed by atoms with Crippen LogP contribution >= 0.6 is 0 Å². The van der Waals surface area contributed by atoms with Gasteiger partial charge >= 0.3 is 0 Å². The van der Waals surface area contributed by atoms with Crippen LogP contribution in [0.1, 0.15) is 91.9 Å². The zero-order valence-corrected chi connectivity index (χ0v) is 27.1. The first kappa shape index (κ1) is 30.9. The maximum atomic E-state index is 13.8. The maximum absolute atomic E-state index is 13.8. The smallest absolute Gasteiger partial charge is 0.258 e. The topological polar surface area (TPSA) is 70.8 Å². The summed E-state index contributed by atoms with van der Waals surface area (Å²) in [5.41, 5.74) is 8.83. The molecule has 1 aromatic carbocycles. The Kier molecular flexibility index (Phi) is 9.96. The van der Waals surface area contributed by atoms with Gasteiger partial charge in [-0.2, -0.15) is 0 Å². The van der Waals surface area contributed by atoms with Crippen LogP contribution in [0, 0.1) is 11.8 Å². The third kappa shape index (κ3) is 6.21. The minimum Gasteiger partial charge on any atom is -0.540 e. The molecule has 36 heavy (non-hydrogen) atoms. The van der Waals surface area contributed by atoms with Gasteiger partial charge in [0.15, 0.2) is 19.9 Å². The Hall–Kier alpha value is -1.32. The van der Waals surface area contributed by atoms with E-state index in [2.05, 4.69) is 75.4 Å². The summed E-state index contributed by atoms with van der Waals surface area (Å²) in [4.78, 5) is 13.8. The van der Waals surface area contributed by atoms with Crippen molar-refractivity contribution in [3.63, 3.8) is 0 Å². The minimum atomic E-state index is -2.20. The first-order valence-corrected chi connectivity index (χ1v) is 18.9. The van der Waals surface area contributed by atoms with Crippen molar-refractivity contribution in [2.45, 2.75) is 116 Å². The van der Waals surface area contributed by atoms with Gasteiger partial charge in [0, 0.05) is 29.8 Å². The molecule has 1 aliphatic rings. The van der Waals surface area contributed by atoms with E-state index in [9.17, 15) is 4.79 Å². The molecule has 1 saturated carbocycles. The molecule has 206 valence electrons. The number of carbonyl (C=O) groups is 1. The van der Waals surface area contributed by atoms with Gasteiger partial charge in [0.2, 0.25) is 0 Å². The van der Waals surface area contributed by atoms with Crippen molar-refractivity contribution in [3.05, 3.63) is 17.7 Å². The minimum absolute atomic E-state index is 0.0657. The predicted molar refractivity (Wildman–Crippen MR) is 157 cm³/mol. The molecule has 1 aliphatic carbocycles. The first-order valence-electron chi connectivity index (χ1n) is 13.8. The zero-order valence-electron chi connectivity index (χ0n) is 25.1. The van der Waals surface area contributed by atoms with E-state index in [0.29, 0.717) is 46.0 Å². The van der Waals surface area contributed by atoms with Crippen LogP contribution in [0.5, 0.6) is 11.5 Å². The Bertz CT molecular complexity index is 883. The fourth-order valence-corrected chi connectivity index (χ4v) is 12.2. The second-order valence-electron chi connectivity index (χ2n) is 13.2. The summed E-state index contributed by atoms with van der Waals surface area (Å²) in [7, 11) is -2.43. The summed E-state index contributed by atoms with van der Waals surface area (Å²) in [6.45, 7) is 25.5. The van der Waals surface area contributed by atoms with Gasteiger partial charge in [-0.25, -0.2) is 0 Å². The number of nitrogen functional groups attached to an aromatic ring is 1. The van der Waals surface area contributed by atoms with Crippen molar-refractivity contribution in [1.29, 1.82) is 0 Å². The number of anilines is 1. The lowest BCUT2D eigenvalue weighted by Gasteiger charge is -2.42. The molecule has 1 aromatic rings. The SMILES string of the molecule is COc1cc(C(=O)C2CCC[C@H]2CO[Si](C)(C)C(C)(C)C)c(N)cc1O[Si](C(C)C)(C(C)C)C(C)C. The lowest BCUT2D eigenvalue weighted by atomic mass is 9.88. The van der Waals surface area contributed by atoms with Crippen molar-refractivity contribution in [2.24, 2.45) is 11.8 Å². The van der Waals surface area contributed by atoms with E-state index in [1.165, 1.54) is 0 Å². The Morgan fingerprint density at radius 3 is 2.03 bits per heavy atom. The van der Waals surface area contributed by atoms with E-state index in [4.69, 9.17) is 19.3 Å². The summed E-state index contributed by atoms with van der Waals surface area (Å²) in [6.07, 6.45) is 2.95. The molecule has 0 bridgehead atoms. The largest absolute Gasteiger partial charge is 0.540 e. The van der Waals surface area contributed by atoms with E-state index in [1.54, 1.807) is 7.11 Å². The number of hydrogen-bond donors (Lipinski definition) is 1. The normalized spacial score (nSPS) is 19.4. The van der Waals surface area contributed by atoms with Crippen LogP contribution < -0.4 is 14.9 Å².